The van der Waals surface area contributed by atoms with Gasteiger partial charge in [-0.05, 0) is 40.5 Å². The van der Waals surface area contributed by atoms with Crippen molar-refractivity contribution in [2.45, 2.75) is 19.9 Å². The summed E-state index contributed by atoms with van der Waals surface area (Å²) >= 11 is 9.20. The van der Waals surface area contributed by atoms with Crippen LogP contribution in [0.25, 0.3) is 0 Å². The topological polar surface area (TPSA) is 47.8 Å². The molecule has 0 N–H and O–H groups in total. The lowest BCUT2D eigenvalue weighted by Crippen LogP contribution is -2.12. The average molecular weight is 329 g/mol. The predicted octanol–water partition coefficient (Wildman–Crippen LogP) is 3.34. The Morgan fingerprint density at radius 3 is 2.94 bits per heavy atom. The molecule has 0 aliphatic rings. The number of nitrogens with zero attached hydrogens (tertiary/aromatic N) is 3. The van der Waals surface area contributed by atoms with Gasteiger partial charge in [-0.3, -0.25) is 4.79 Å². The molecule has 18 heavy (non-hydrogen) atoms. The molecule has 6 heteroatoms. The highest BCUT2D eigenvalue weighted by Gasteiger charge is 2.17. The molecule has 0 saturated heterocycles. The first-order valence-corrected chi connectivity index (χ1v) is 6.68. The largest absolute Gasteiger partial charge is 0.287 e. The van der Waals surface area contributed by atoms with E-state index in [1.54, 1.807) is 22.9 Å². The molecule has 0 amide bonds. The first-order valence-electron chi connectivity index (χ1n) is 5.51. The summed E-state index contributed by atoms with van der Waals surface area (Å²) in [6.45, 7) is 2.69. The van der Waals surface area contributed by atoms with E-state index in [0.717, 1.165) is 6.42 Å². The van der Waals surface area contributed by atoms with E-state index in [9.17, 15) is 4.79 Å². The van der Waals surface area contributed by atoms with Gasteiger partial charge in [-0.15, -0.1) is 5.10 Å². The van der Waals surface area contributed by atoms with Crippen molar-refractivity contribution < 1.29 is 4.79 Å². The molecule has 0 aliphatic heterocycles. The fourth-order valence-electron chi connectivity index (χ4n) is 1.62. The minimum Gasteiger partial charge on any atom is -0.287 e. The van der Waals surface area contributed by atoms with Crippen LogP contribution in [0, 0.1) is 0 Å². The van der Waals surface area contributed by atoms with Crippen molar-refractivity contribution in [3.63, 3.8) is 0 Å². The summed E-state index contributed by atoms with van der Waals surface area (Å²) in [6, 6.07) is 5.08. The quantitative estimate of drug-likeness (QED) is 0.809. The summed E-state index contributed by atoms with van der Waals surface area (Å²) in [4.78, 5) is 12.4. The van der Waals surface area contributed by atoms with Gasteiger partial charge in [-0.1, -0.05) is 23.7 Å². The van der Waals surface area contributed by atoms with Crippen LogP contribution in [0.2, 0.25) is 5.02 Å². The van der Waals surface area contributed by atoms with E-state index < -0.39 is 0 Å². The maximum absolute atomic E-state index is 12.4. The number of halogens is 2. The lowest BCUT2D eigenvalue weighted by Gasteiger charge is -2.06. The van der Waals surface area contributed by atoms with Crippen molar-refractivity contribution in [2.24, 2.45) is 0 Å². The minimum atomic E-state index is -0.114. The molecule has 1 aromatic heterocycles. The highest BCUT2D eigenvalue weighted by Crippen LogP contribution is 2.23. The molecule has 94 valence electrons. The molecule has 2 rings (SSSR count). The summed E-state index contributed by atoms with van der Waals surface area (Å²) in [7, 11) is 0. The average Bonchev–Trinajstić information content (AvgIpc) is 2.77. The SMILES string of the molecule is CCCn1nncc1C(=O)c1ccc(Cl)cc1Br. The van der Waals surface area contributed by atoms with Gasteiger partial charge in [0.2, 0.25) is 5.78 Å². The van der Waals surface area contributed by atoms with Crippen LogP contribution in [0.5, 0.6) is 0 Å². The van der Waals surface area contributed by atoms with Crippen LogP contribution in [0.3, 0.4) is 0 Å². The molecule has 0 atom stereocenters. The van der Waals surface area contributed by atoms with Crippen LogP contribution in [-0.4, -0.2) is 20.8 Å². The van der Waals surface area contributed by atoms with E-state index in [4.69, 9.17) is 11.6 Å². The molecular formula is C12H11BrClN3O. The van der Waals surface area contributed by atoms with Crippen LogP contribution in [0.15, 0.2) is 28.9 Å². The fraction of sp³-hybridized carbons (Fsp3) is 0.250. The molecule has 4 nitrogen and oxygen atoms in total. The standard InChI is InChI=1S/C12H11BrClN3O/c1-2-5-17-11(7-15-16-17)12(18)9-4-3-8(14)6-10(9)13/h3-4,6-7H,2,5H2,1H3. The van der Waals surface area contributed by atoms with E-state index in [2.05, 4.69) is 26.2 Å². The minimum absolute atomic E-state index is 0.114. The summed E-state index contributed by atoms with van der Waals surface area (Å²) < 4.78 is 2.29. The molecule has 0 fully saturated rings. The van der Waals surface area contributed by atoms with Crippen molar-refractivity contribution >= 4 is 33.3 Å². The molecule has 0 radical (unpaired) electrons. The normalized spacial score (nSPS) is 10.6. The van der Waals surface area contributed by atoms with Gasteiger partial charge in [0.15, 0.2) is 0 Å². The Morgan fingerprint density at radius 1 is 1.50 bits per heavy atom. The summed E-state index contributed by atoms with van der Waals surface area (Å²) in [5, 5.41) is 8.27. The third kappa shape index (κ3) is 2.62. The Hall–Kier alpha value is -1.20. The Morgan fingerprint density at radius 2 is 2.28 bits per heavy atom. The number of hydrogen-bond donors (Lipinski definition) is 0. The third-order valence-electron chi connectivity index (χ3n) is 2.46. The Kier molecular flexibility index (Phi) is 4.14. The highest BCUT2D eigenvalue weighted by molar-refractivity contribution is 9.10. The molecule has 0 saturated carbocycles. The van der Waals surface area contributed by atoms with Gasteiger partial charge in [0.1, 0.15) is 5.69 Å². The van der Waals surface area contributed by atoms with Crippen molar-refractivity contribution in [3.8, 4) is 0 Å². The van der Waals surface area contributed by atoms with E-state index >= 15 is 0 Å². The van der Waals surface area contributed by atoms with Crippen LogP contribution >= 0.6 is 27.5 Å². The number of ketones is 1. The van der Waals surface area contributed by atoms with Gasteiger partial charge in [-0.2, -0.15) is 0 Å². The number of hydrogen-bond acceptors (Lipinski definition) is 3. The Bertz CT molecular complexity index is 582. The van der Waals surface area contributed by atoms with Crippen molar-refractivity contribution in [3.05, 3.63) is 45.1 Å². The second-order valence-electron chi connectivity index (χ2n) is 3.80. The van der Waals surface area contributed by atoms with Crippen LogP contribution in [0.4, 0.5) is 0 Å². The summed E-state index contributed by atoms with van der Waals surface area (Å²) in [5.41, 5.74) is 1.04. The van der Waals surface area contributed by atoms with Crippen LogP contribution in [0.1, 0.15) is 29.4 Å². The molecule has 0 spiro atoms. The molecule has 2 aromatic rings. The van der Waals surface area contributed by atoms with E-state index in [-0.39, 0.29) is 5.78 Å². The number of aromatic nitrogens is 3. The number of rotatable bonds is 4. The molecule has 0 unspecified atom stereocenters. The lowest BCUT2D eigenvalue weighted by molar-refractivity contribution is 0.102. The summed E-state index contributed by atoms with van der Waals surface area (Å²) in [5.74, 6) is -0.114. The second kappa shape index (κ2) is 5.63. The predicted molar refractivity (Wildman–Crippen MR) is 72.9 cm³/mol. The van der Waals surface area contributed by atoms with Crippen molar-refractivity contribution in [2.75, 3.05) is 0 Å². The zero-order valence-corrected chi connectivity index (χ0v) is 12.1. The van der Waals surface area contributed by atoms with Gasteiger partial charge in [0.25, 0.3) is 0 Å². The molecule has 0 bridgehead atoms. The van der Waals surface area contributed by atoms with Gasteiger partial charge in [-0.25, -0.2) is 4.68 Å². The third-order valence-corrected chi connectivity index (χ3v) is 3.35. The zero-order chi connectivity index (χ0) is 13.1. The number of carbonyl (C=O) groups excluding carboxylic acids is 1. The highest BCUT2D eigenvalue weighted by atomic mass is 79.9. The molecule has 0 aliphatic carbocycles. The number of benzene rings is 1. The van der Waals surface area contributed by atoms with Gasteiger partial charge < -0.3 is 0 Å². The molecule has 1 aromatic carbocycles. The van der Waals surface area contributed by atoms with Gasteiger partial charge in [0, 0.05) is 21.6 Å². The van der Waals surface area contributed by atoms with Gasteiger partial charge >= 0.3 is 0 Å². The van der Waals surface area contributed by atoms with E-state index in [1.807, 2.05) is 6.92 Å². The van der Waals surface area contributed by atoms with Crippen LogP contribution < -0.4 is 0 Å². The van der Waals surface area contributed by atoms with Crippen LogP contribution in [-0.2, 0) is 6.54 Å². The first kappa shape index (κ1) is 13.2. The Labute approximate surface area is 118 Å². The van der Waals surface area contributed by atoms with E-state index in [1.165, 1.54) is 6.20 Å². The fourth-order valence-corrected chi connectivity index (χ4v) is 2.48. The number of aryl methyl sites for hydroxylation is 1. The molecule has 1 heterocycles. The first-order chi connectivity index (χ1) is 8.63. The van der Waals surface area contributed by atoms with E-state index in [0.29, 0.717) is 27.3 Å². The van der Waals surface area contributed by atoms with Gasteiger partial charge in [0.05, 0.1) is 6.20 Å². The van der Waals surface area contributed by atoms with Crippen molar-refractivity contribution in [1.82, 2.24) is 15.0 Å². The summed E-state index contributed by atoms with van der Waals surface area (Å²) in [6.07, 6.45) is 2.38. The maximum Gasteiger partial charge on any atom is 0.213 e. The lowest BCUT2D eigenvalue weighted by atomic mass is 10.1. The number of carbonyl (C=O) groups is 1. The monoisotopic (exact) mass is 327 g/mol. The second-order valence-corrected chi connectivity index (χ2v) is 5.09. The molecular weight excluding hydrogens is 318 g/mol. The zero-order valence-electron chi connectivity index (χ0n) is 9.73. The smallest absolute Gasteiger partial charge is 0.213 e. The van der Waals surface area contributed by atoms with Crippen molar-refractivity contribution in [1.29, 1.82) is 0 Å². The Balaban J connectivity index is 2.38. The maximum atomic E-state index is 12.4.